The summed E-state index contributed by atoms with van der Waals surface area (Å²) in [5.41, 5.74) is 7.40. The SMILES string of the molecule is CCn1c(C)nc2cc(C(=O)N/N=C\c3c(SCc4ccccc4)nc4c(C)cccn4c3=O)ccc21. The number of hydrazone groups is 1. The molecule has 5 aromatic rings. The van der Waals surface area contributed by atoms with Crippen LogP contribution in [0, 0.1) is 13.8 Å². The van der Waals surface area contributed by atoms with Crippen LogP contribution >= 0.6 is 11.8 Å². The van der Waals surface area contributed by atoms with Crippen LogP contribution in [0.2, 0.25) is 0 Å². The fraction of sp³-hybridized carbons (Fsp3) is 0.179. The Kier molecular flexibility index (Phi) is 6.87. The maximum absolute atomic E-state index is 13.4. The van der Waals surface area contributed by atoms with E-state index in [1.54, 1.807) is 18.3 Å². The average Bonchev–Trinajstić information content (AvgIpc) is 3.23. The maximum atomic E-state index is 13.4. The monoisotopic (exact) mass is 510 g/mol. The molecule has 9 heteroatoms. The van der Waals surface area contributed by atoms with Gasteiger partial charge in [0, 0.05) is 24.1 Å². The smallest absolute Gasteiger partial charge is 0.271 e. The van der Waals surface area contributed by atoms with Crippen LogP contribution < -0.4 is 11.0 Å². The van der Waals surface area contributed by atoms with Crippen LogP contribution in [-0.2, 0) is 12.3 Å². The molecule has 0 saturated carbocycles. The van der Waals surface area contributed by atoms with Crippen molar-refractivity contribution in [1.82, 2.24) is 24.4 Å². The van der Waals surface area contributed by atoms with Gasteiger partial charge >= 0.3 is 0 Å². The molecule has 0 aliphatic carbocycles. The van der Waals surface area contributed by atoms with Crippen molar-refractivity contribution in [2.75, 3.05) is 0 Å². The third-order valence-electron chi connectivity index (χ3n) is 6.14. The molecule has 2 aromatic carbocycles. The van der Waals surface area contributed by atoms with Crippen molar-refractivity contribution in [1.29, 1.82) is 0 Å². The Morgan fingerprint density at radius 3 is 2.68 bits per heavy atom. The molecule has 37 heavy (non-hydrogen) atoms. The summed E-state index contributed by atoms with van der Waals surface area (Å²) in [6.45, 7) is 6.72. The number of aromatic nitrogens is 4. The zero-order valence-electron chi connectivity index (χ0n) is 20.8. The number of thioether (sulfide) groups is 1. The number of aryl methyl sites for hydroxylation is 3. The van der Waals surface area contributed by atoms with Gasteiger partial charge in [0.15, 0.2) is 0 Å². The number of benzene rings is 2. The molecule has 0 saturated heterocycles. The van der Waals surface area contributed by atoms with Crippen molar-refractivity contribution in [3.05, 3.63) is 105 Å². The number of rotatable bonds is 7. The van der Waals surface area contributed by atoms with Crippen LogP contribution in [0.15, 0.2) is 81.8 Å². The minimum Gasteiger partial charge on any atom is -0.329 e. The molecule has 0 atom stereocenters. The Morgan fingerprint density at radius 1 is 1.08 bits per heavy atom. The van der Waals surface area contributed by atoms with Crippen molar-refractivity contribution >= 4 is 40.6 Å². The number of hydrogen-bond donors (Lipinski definition) is 1. The van der Waals surface area contributed by atoms with Gasteiger partial charge < -0.3 is 4.57 Å². The first-order valence-electron chi connectivity index (χ1n) is 11.9. The summed E-state index contributed by atoms with van der Waals surface area (Å²) in [6, 6.07) is 19.1. The van der Waals surface area contributed by atoms with Crippen LogP contribution in [0.4, 0.5) is 0 Å². The van der Waals surface area contributed by atoms with Gasteiger partial charge in [-0.15, -0.1) is 11.8 Å². The van der Waals surface area contributed by atoms with Crippen molar-refractivity contribution in [3.8, 4) is 0 Å². The Labute approximate surface area is 218 Å². The van der Waals surface area contributed by atoms with Gasteiger partial charge in [-0.2, -0.15) is 5.10 Å². The molecule has 0 unspecified atom stereocenters. The van der Waals surface area contributed by atoms with E-state index >= 15 is 0 Å². The molecule has 0 bridgehead atoms. The van der Waals surface area contributed by atoms with Gasteiger partial charge in [-0.3, -0.25) is 14.0 Å². The van der Waals surface area contributed by atoms with Crippen LogP contribution in [0.1, 0.15) is 39.8 Å². The lowest BCUT2D eigenvalue weighted by molar-refractivity contribution is 0.0955. The highest BCUT2D eigenvalue weighted by atomic mass is 32.2. The van der Waals surface area contributed by atoms with Crippen LogP contribution in [0.3, 0.4) is 0 Å². The number of pyridine rings is 1. The second kappa shape index (κ2) is 10.4. The van der Waals surface area contributed by atoms with Crippen LogP contribution in [0.25, 0.3) is 16.7 Å². The minimum absolute atomic E-state index is 0.246. The largest absolute Gasteiger partial charge is 0.329 e. The van der Waals surface area contributed by atoms with Gasteiger partial charge in [0.2, 0.25) is 0 Å². The number of fused-ring (bicyclic) bond motifs is 2. The third-order valence-corrected chi connectivity index (χ3v) is 7.21. The first-order chi connectivity index (χ1) is 18.0. The van der Waals surface area contributed by atoms with Gasteiger partial charge in [0.1, 0.15) is 16.5 Å². The molecule has 3 heterocycles. The van der Waals surface area contributed by atoms with E-state index in [2.05, 4.69) is 27.0 Å². The van der Waals surface area contributed by atoms with E-state index in [1.165, 1.54) is 22.4 Å². The summed E-state index contributed by atoms with van der Waals surface area (Å²) in [7, 11) is 0. The topological polar surface area (TPSA) is 93.7 Å². The molecular weight excluding hydrogens is 484 g/mol. The molecule has 8 nitrogen and oxygen atoms in total. The van der Waals surface area contributed by atoms with Gasteiger partial charge in [0.25, 0.3) is 11.5 Å². The lowest BCUT2D eigenvalue weighted by Crippen LogP contribution is -2.23. The van der Waals surface area contributed by atoms with E-state index in [0.29, 0.717) is 27.6 Å². The van der Waals surface area contributed by atoms with E-state index < -0.39 is 0 Å². The lowest BCUT2D eigenvalue weighted by Gasteiger charge is -2.09. The highest BCUT2D eigenvalue weighted by Crippen LogP contribution is 2.23. The van der Waals surface area contributed by atoms with Crippen LogP contribution in [0.5, 0.6) is 0 Å². The Hall–Kier alpha value is -4.24. The fourth-order valence-corrected chi connectivity index (χ4v) is 5.19. The average molecular weight is 511 g/mol. The molecule has 5 rings (SSSR count). The summed E-state index contributed by atoms with van der Waals surface area (Å²) in [6.07, 6.45) is 3.07. The molecule has 1 amide bonds. The summed E-state index contributed by atoms with van der Waals surface area (Å²) >= 11 is 1.46. The van der Waals surface area contributed by atoms with Crippen molar-refractivity contribution in [2.45, 2.75) is 38.1 Å². The van der Waals surface area contributed by atoms with E-state index in [1.807, 2.05) is 62.4 Å². The summed E-state index contributed by atoms with van der Waals surface area (Å²) < 4.78 is 3.59. The minimum atomic E-state index is -0.384. The molecule has 0 aliphatic heterocycles. The zero-order valence-corrected chi connectivity index (χ0v) is 21.6. The molecule has 0 fully saturated rings. The molecule has 1 N–H and O–H groups in total. The van der Waals surface area contributed by atoms with E-state index in [4.69, 9.17) is 4.98 Å². The number of amides is 1. The number of nitrogens with zero attached hydrogens (tertiary/aromatic N) is 5. The predicted molar refractivity (Wildman–Crippen MR) is 147 cm³/mol. The number of imidazole rings is 1. The van der Waals surface area contributed by atoms with Crippen molar-refractivity contribution in [3.63, 3.8) is 0 Å². The van der Waals surface area contributed by atoms with E-state index in [0.717, 1.165) is 34.5 Å². The van der Waals surface area contributed by atoms with Crippen LogP contribution in [-0.4, -0.2) is 31.1 Å². The quantitative estimate of drug-likeness (QED) is 0.148. The number of carbonyl (C=O) groups excluding carboxylic acids is 1. The summed E-state index contributed by atoms with van der Waals surface area (Å²) in [5.74, 6) is 1.16. The predicted octanol–water partition coefficient (Wildman–Crippen LogP) is 4.74. The zero-order chi connectivity index (χ0) is 25.9. The van der Waals surface area contributed by atoms with Gasteiger partial charge in [-0.05, 0) is 56.2 Å². The second-order valence-electron chi connectivity index (χ2n) is 8.60. The number of carbonyl (C=O) groups is 1. The Balaban J connectivity index is 1.43. The second-order valence-corrected chi connectivity index (χ2v) is 9.56. The molecule has 0 radical (unpaired) electrons. The summed E-state index contributed by atoms with van der Waals surface area (Å²) in [4.78, 5) is 35.5. The molecule has 0 spiro atoms. The standard InChI is InChI=1S/C28H26N6O2S/c1-4-33-19(3)30-23-15-21(12-13-24(23)33)26(35)32-29-16-22-27(37-17-20-10-6-5-7-11-20)31-25-18(2)9-8-14-34(25)28(22)36/h5-16H,4,17H2,1-3H3,(H,32,35)/b29-16-. The van der Waals surface area contributed by atoms with Crippen molar-refractivity contribution in [2.24, 2.45) is 5.10 Å². The Morgan fingerprint density at radius 2 is 1.89 bits per heavy atom. The Bertz CT molecular complexity index is 1710. The van der Waals surface area contributed by atoms with Gasteiger partial charge in [-0.25, -0.2) is 15.4 Å². The van der Waals surface area contributed by atoms with E-state index in [-0.39, 0.29) is 11.5 Å². The highest BCUT2D eigenvalue weighted by molar-refractivity contribution is 7.98. The number of hydrogen-bond acceptors (Lipinski definition) is 6. The molecular formula is C28H26N6O2S. The fourth-order valence-electron chi connectivity index (χ4n) is 4.25. The molecule has 0 aliphatic rings. The lowest BCUT2D eigenvalue weighted by atomic mass is 10.2. The normalized spacial score (nSPS) is 11.5. The summed E-state index contributed by atoms with van der Waals surface area (Å²) in [5, 5.41) is 4.68. The van der Waals surface area contributed by atoms with E-state index in [9.17, 15) is 9.59 Å². The van der Waals surface area contributed by atoms with Crippen molar-refractivity contribution < 1.29 is 4.79 Å². The molecule has 3 aromatic heterocycles. The van der Waals surface area contributed by atoms with Gasteiger partial charge in [0.05, 0.1) is 22.8 Å². The first-order valence-corrected chi connectivity index (χ1v) is 12.9. The highest BCUT2D eigenvalue weighted by Gasteiger charge is 2.14. The molecule has 186 valence electrons. The third kappa shape index (κ3) is 4.90. The number of nitrogens with one attached hydrogen (secondary N) is 1. The first kappa shape index (κ1) is 24.5. The maximum Gasteiger partial charge on any atom is 0.271 e. The van der Waals surface area contributed by atoms with Gasteiger partial charge in [-0.1, -0.05) is 36.4 Å².